The van der Waals surface area contributed by atoms with E-state index in [9.17, 15) is 48.6 Å². The van der Waals surface area contributed by atoms with E-state index < -0.39 is 47.0 Å². The number of aromatic carboxylic acids is 2. The number of pyridine rings is 2. The molecule has 0 unspecified atom stereocenters. The number of benzene rings is 6. The number of aromatic nitrogens is 2. The number of amides is 2. The topological polar surface area (TPSA) is 235 Å². The van der Waals surface area contributed by atoms with E-state index in [1.54, 1.807) is 36.4 Å². The van der Waals surface area contributed by atoms with E-state index >= 15 is 0 Å². The Hall–Kier alpha value is -8.61. The van der Waals surface area contributed by atoms with Gasteiger partial charge in [0.25, 0.3) is 11.1 Å². The molecule has 79 heavy (non-hydrogen) atoms. The number of methoxy groups -OCH3 is 2. The summed E-state index contributed by atoms with van der Waals surface area (Å²) in [5, 5.41) is 28.4. The number of nitrogens with one attached hydrogen (secondary N) is 2. The molecular weight excluding hydrogens is 1060 g/mol. The van der Waals surface area contributed by atoms with Crippen molar-refractivity contribution in [2.45, 2.75) is 38.8 Å². The molecular formula is C60H48Cl2MgN4O12. The zero-order chi connectivity index (χ0) is 56.2. The van der Waals surface area contributed by atoms with Crippen LogP contribution in [0.25, 0.3) is 22.3 Å². The number of ketones is 2. The van der Waals surface area contributed by atoms with Crippen molar-refractivity contribution in [3.8, 4) is 33.8 Å². The number of carboxylic acid groups (broad SMARTS) is 2. The summed E-state index contributed by atoms with van der Waals surface area (Å²) < 4.78 is 13.7. The van der Waals surface area contributed by atoms with Crippen LogP contribution in [0.3, 0.4) is 0 Å². The Bertz CT molecular complexity index is 3440. The summed E-state index contributed by atoms with van der Waals surface area (Å²) in [4.78, 5) is 101. The van der Waals surface area contributed by atoms with Crippen LogP contribution in [0.5, 0.6) is 11.5 Å². The molecule has 2 heterocycles. The van der Waals surface area contributed by atoms with E-state index in [2.05, 4.69) is 10.6 Å². The number of Topliss-reactive ketones (excluding diaryl/α,β-unsaturated/α-hetero) is 2. The maximum Gasteiger partial charge on any atom is 2.00 e. The molecule has 0 fully saturated rings. The molecule has 19 heteroatoms. The third kappa shape index (κ3) is 14.9. The van der Waals surface area contributed by atoms with E-state index in [0.717, 1.165) is 11.1 Å². The number of nitrogens with zero attached hydrogens (tertiary/aromatic N) is 2. The molecule has 0 radical (unpaired) electrons. The van der Waals surface area contributed by atoms with Crippen molar-refractivity contribution in [1.29, 1.82) is 0 Å². The third-order valence-electron chi connectivity index (χ3n) is 12.4. The van der Waals surface area contributed by atoms with Gasteiger partial charge in [0.05, 0.1) is 38.6 Å². The summed E-state index contributed by atoms with van der Waals surface area (Å²) in [5.74, 6) is -3.54. The monoisotopic (exact) mass is 1110 g/mol. The third-order valence-corrected chi connectivity index (χ3v) is 12.9. The smallest absolute Gasteiger partial charge is 0.545 e. The predicted molar refractivity (Wildman–Crippen MR) is 298 cm³/mol. The Balaban J connectivity index is 0.000000252. The summed E-state index contributed by atoms with van der Waals surface area (Å²) in [7, 11) is 2.85. The second-order valence-electron chi connectivity index (χ2n) is 17.6. The molecule has 2 N–H and O–H groups in total. The normalized spacial score (nSPS) is 11.3. The molecule has 0 spiro atoms. The molecule has 2 aromatic heterocycles. The van der Waals surface area contributed by atoms with Crippen molar-refractivity contribution >= 4 is 92.9 Å². The van der Waals surface area contributed by atoms with Gasteiger partial charge in [-0.15, -0.1) is 0 Å². The number of carbonyl (C=O) groups is 6. The molecule has 396 valence electrons. The Kier molecular flexibility index (Phi) is 20.5. The van der Waals surface area contributed by atoms with Gasteiger partial charge in [-0.1, -0.05) is 108 Å². The molecule has 0 aliphatic heterocycles. The molecule has 8 rings (SSSR count). The van der Waals surface area contributed by atoms with Gasteiger partial charge in [-0.2, -0.15) is 0 Å². The quantitative estimate of drug-likeness (QED) is 0.0615. The molecule has 16 nitrogen and oxygen atoms in total. The predicted octanol–water partition coefficient (Wildman–Crippen LogP) is 7.95. The number of rotatable bonds is 18. The van der Waals surface area contributed by atoms with Gasteiger partial charge in [-0.25, -0.2) is 0 Å². The number of carboxylic acids is 2. The van der Waals surface area contributed by atoms with E-state index in [-0.39, 0.29) is 70.1 Å². The van der Waals surface area contributed by atoms with Gasteiger partial charge in [0.1, 0.15) is 23.6 Å². The van der Waals surface area contributed by atoms with Crippen LogP contribution in [0, 0.1) is 0 Å². The van der Waals surface area contributed by atoms with Crippen LogP contribution in [-0.4, -0.2) is 81.7 Å². The molecule has 0 bridgehead atoms. The van der Waals surface area contributed by atoms with E-state index in [1.807, 2.05) is 60.7 Å². The van der Waals surface area contributed by atoms with Gasteiger partial charge in [-0.3, -0.25) is 37.9 Å². The minimum atomic E-state index is -1.33. The van der Waals surface area contributed by atoms with Crippen LogP contribution in [0.15, 0.2) is 180 Å². The standard InChI is InChI=1S/2C30H25ClN2O6.Mg/c2*1-18(34)23-13-10-21(31)15-24(23)25-16-28(35)33(17-27(25)39-2)26(14-19-6-4-3-5-7-19)29(36)32-22-11-8-20(9-12-22)30(37)38;/h2*3-13,15-17,26H,14H2,1-2H3,(H,32,36)(H,37,38);/q;;+2/p-2/t2*26-;/m00./s1. The van der Waals surface area contributed by atoms with Gasteiger partial charge in [0.15, 0.2) is 11.6 Å². The molecule has 0 saturated heterocycles. The summed E-state index contributed by atoms with van der Waals surface area (Å²) in [6.07, 6.45) is 3.24. The van der Waals surface area contributed by atoms with E-state index in [1.165, 1.54) is 110 Å². The molecule has 0 aliphatic rings. The maximum absolute atomic E-state index is 13.5. The largest absolute Gasteiger partial charge is 2.00 e. The van der Waals surface area contributed by atoms with Crippen molar-refractivity contribution in [2.24, 2.45) is 0 Å². The fraction of sp³-hybridized carbons (Fsp3) is 0.133. The van der Waals surface area contributed by atoms with Crippen molar-refractivity contribution in [1.82, 2.24) is 9.13 Å². The number of hydrogen-bond acceptors (Lipinski definition) is 12. The number of carbonyl (C=O) groups excluding carboxylic acids is 6. The van der Waals surface area contributed by atoms with Crippen LogP contribution < -0.4 is 41.4 Å². The Morgan fingerprint density at radius 1 is 0.494 bits per heavy atom. The van der Waals surface area contributed by atoms with Crippen molar-refractivity contribution in [3.63, 3.8) is 0 Å². The number of ether oxygens (including phenoxy) is 2. The first kappa shape index (κ1) is 59.6. The first-order chi connectivity index (χ1) is 37.3. The van der Waals surface area contributed by atoms with Crippen LogP contribution in [0.1, 0.15) is 78.5 Å². The summed E-state index contributed by atoms with van der Waals surface area (Å²) in [6.45, 7) is 2.83. The Morgan fingerprint density at radius 3 is 1.14 bits per heavy atom. The van der Waals surface area contributed by atoms with Gasteiger partial charge in [-0.05, 0) is 108 Å². The fourth-order valence-electron chi connectivity index (χ4n) is 8.52. The summed E-state index contributed by atoms with van der Waals surface area (Å²) in [5.41, 5.74) is 3.62. The van der Waals surface area contributed by atoms with Gasteiger partial charge in [0.2, 0.25) is 11.8 Å². The van der Waals surface area contributed by atoms with Crippen LogP contribution in [0.4, 0.5) is 11.4 Å². The van der Waals surface area contributed by atoms with E-state index in [0.29, 0.717) is 54.8 Å². The van der Waals surface area contributed by atoms with Gasteiger partial charge >= 0.3 is 23.1 Å². The average molecular weight is 1110 g/mol. The SMILES string of the molecule is COc1cn([C@@H](Cc2ccccc2)C(=O)Nc2ccc(C(=O)[O-])cc2)c(=O)cc1-c1cc(Cl)ccc1C(C)=O.COc1cn([C@@H](Cc2ccccc2)C(=O)Nc2ccc(C(=O)[O-])cc2)c(=O)cc1-c1cc(Cl)ccc1C(C)=O.[Mg+2]. The molecule has 2 amide bonds. The summed E-state index contributed by atoms with van der Waals surface area (Å²) >= 11 is 12.4. The molecule has 0 saturated carbocycles. The van der Waals surface area contributed by atoms with E-state index in [4.69, 9.17) is 32.7 Å². The molecule has 2 atom stereocenters. The van der Waals surface area contributed by atoms with Crippen molar-refractivity contribution in [3.05, 3.63) is 234 Å². The Labute approximate surface area is 479 Å². The second kappa shape index (κ2) is 27.1. The van der Waals surface area contributed by atoms with Crippen LogP contribution in [0.2, 0.25) is 10.0 Å². The molecule has 8 aromatic rings. The number of anilines is 2. The first-order valence-electron chi connectivity index (χ1n) is 23.9. The average Bonchev–Trinajstić information content (AvgIpc) is 3.43. The van der Waals surface area contributed by atoms with Gasteiger partial charge in [0, 0.05) is 68.6 Å². The zero-order valence-corrected chi connectivity index (χ0v) is 45.9. The fourth-order valence-corrected chi connectivity index (χ4v) is 8.87. The summed E-state index contributed by atoms with van der Waals surface area (Å²) in [6, 6.07) is 39.6. The van der Waals surface area contributed by atoms with Crippen molar-refractivity contribution in [2.75, 3.05) is 24.9 Å². The second-order valence-corrected chi connectivity index (χ2v) is 18.5. The van der Waals surface area contributed by atoms with Gasteiger partial charge < -0.3 is 39.9 Å². The maximum atomic E-state index is 13.5. The van der Waals surface area contributed by atoms with Crippen LogP contribution in [-0.2, 0) is 22.4 Å². The minimum absolute atomic E-state index is 0. The number of halogens is 2. The van der Waals surface area contributed by atoms with Crippen molar-refractivity contribution < 1.29 is 48.5 Å². The zero-order valence-electron chi connectivity index (χ0n) is 43.0. The molecule has 6 aromatic carbocycles. The Morgan fingerprint density at radius 2 is 0.835 bits per heavy atom. The number of hydrogen-bond donors (Lipinski definition) is 2. The van der Waals surface area contributed by atoms with Crippen LogP contribution >= 0.6 is 23.2 Å². The minimum Gasteiger partial charge on any atom is -0.545 e. The molecule has 0 aliphatic carbocycles. The first-order valence-corrected chi connectivity index (χ1v) is 24.7.